The number of benzene rings is 1. The third-order valence-corrected chi connectivity index (χ3v) is 6.07. The van der Waals surface area contributed by atoms with Gasteiger partial charge in [-0.1, -0.05) is 30.3 Å². The van der Waals surface area contributed by atoms with Crippen LogP contribution < -0.4 is 10.6 Å². The number of carboxylic acid groups (broad SMARTS) is 1. The van der Waals surface area contributed by atoms with Gasteiger partial charge in [0.2, 0.25) is 0 Å². The monoisotopic (exact) mass is 432 g/mol. The number of rotatable bonds is 10. The van der Waals surface area contributed by atoms with Gasteiger partial charge in [0.15, 0.2) is 0 Å². The van der Waals surface area contributed by atoms with Crippen molar-refractivity contribution in [3.05, 3.63) is 35.9 Å². The molecule has 1 aromatic carbocycles. The van der Waals surface area contributed by atoms with Gasteiger partial charge in [-0.15, -0.1) is 0 Å². The van der Waals surface area contributed by atoms with Crippen LogP contribution in [0.3, 0.4) is 0 Å². The average Bonchev–Trinajstić information content (AvgIpc) is 2.79. The fourth-order valence-electron chi connectivity index (χ4n) is 4.23. The normalized spacial score (nSPS) is 18.3. The standard InChI is InChI=1S/C23H36N4O4/c28-22(29)17-26(16-19-4-2-1-3-5-19)15-12-25-23(30)27-13-8-21(9-14-27)31-18-20-6-10-24-11-7-20/h1-5,20-21,24H,6-18H2,(H,25,30)(H,28,29). The molecule has 0 bridgehead atoms. The molecule has 0 radical (unpaired) electrons. The molecule has 2 aliphatic rings. The van der Waals surface area contributed by atoms with Crippen LogP contribution in [0.15, 0.2) is 30.3 Å². The van der Waals surface area contributed by atoms with Gasteiger partial charge in [0.25, 0.3) is 0 Å². The van der Waals surface area contributed by atoms with Gasteiger partial charge < -0.3 is 25.4 Å². The zero-order valence-corrected chi connectivity index (χ0v) is 18.3. The molecule has 0 saturated carbocycles. The van der Waals surface area contributed by atoms with Crippen molar-refractivity contribution in [3.63, 3.8) is 0 Å². The van der Waals surface area contributed by atoms with Gasteiger partial charge in [-0.2, -0.15) is 0 Å². The Kier molecular flexibility index (Phi) is 9.58. The van der Waals surface area contributed by atoms with Crippen molar-refractivity contribution in [3.8, 4) is 0 Å². The molecule has 2 heterocycles. The van der Waals surface area contributed by atoms with Gasteiger partial charge >= 0.3 is 12.0 Å². The minimum Gasteiger partial charge on any atom is -0.480 e. The molecule has 31 heavy (non-hydrogen) atoms. The summed E-state index contributed by atoms with van der Waals surface area (Å²) in [6, 6.07) is 9.69. The second-order valence-corrected chi connectivity index (χ2v) is 8.54. The fourth-order valence-corrected chi connectivity index (χ4v) is 4.23. The quantitative estimate of drug-likeness (QED) is 0.522. The van der Waals surface area contributed by atoms with Crippen LogP contribution in [-0.2, 0) is 16.1 Å². The molecular weight excluding hydrogens is 396 g/mol. The minimum absolute atomic E-state index is 0.0510. The zero-order valence-electron chi connectivity index (χ0n) is 18.3. The molecule has 2 fully saturated rings. The molecule has 0 atom stereocenters. The number of hydrogen-bond donors (Lipinski definition) is 3. The highest BCUT2D eigenvalue weighted by Gasteiger charge is 2.24. The van der Waals surface area contributed by atoms with Gasteiger partial charge in [0.05, 0.1) is 12.6 Å². The Hall–Kier alpha value is -2.16. The highest BCUT2D eigenvalue weighted by atomic mass is 16.5. The number of carbonyl (C=O) groups is 2. The number of hydrogen-bond acceptors (Lipinski definition) is 5. The summed E-state index contributed by atoms with van der Waals surface area (Å²) in [6.45, 7) is 5.81. The summed E-state index contributed by atoms with van der Waals surface area (Å²) in [5, 5.41) is 15.5. The van der Waals surface area contributed by atoms with Crippen molar-refractivity contribution in [2.45, 2.75) is 38.3 Å². The SMILES string of the molecule is O=C(O)CN(CCNC(=O)N1CCC(OCC2CCNCC2)CC1)Cc1ccccc1. The Morgan fingerprint density at radius 3 is 2.52 bits per heavy atom. The lowest BCUT2D eigenvalue weighted by atomic mass is 9.99. The van der Waals surface area contributed by atoms with Crippen LogP contribution in [0.5, 0.6) is 0 Å². The van der Waals surface area contributed by atoms with Crippen molar-refractivity contribution < 1.29 is 19.4 Å². The van der Waals surface area contributed by atoms with Crippen molar-refractivity contribution in [1.29, 1.82) is 0 Å². The molecule has 0 unspecified atom stereocenters. The molecule has 0 aromatic heterocycles. The van der Waals surface area contributed by atoms with Crippen LogP contribution in [0.4, 0.5) is 4.79 Å². The van der Waals surface area contributed by atoms with Crippen molar-refractivity contribution >= 4 is 12.0 Å². The Morgan fingerprint density at radius 2 is 1.84 bits per heavy atom. The van der Waals surface area contributed by atoms with Crippen molar-refractivity contribution in [1.82, 2.24) is 20.4 Å². The van der Waals surface area contributed by atoms with Gasteiger partial charge in [-0.05, 0) is 50.3 Å². The van der Waals surface area contributed by atoms with E-state index in [1.54, 1.807) is 0 Å². The first-order valence-electron chi connectivity index (χ1n) is 11.4. The molecule has 2 aliphatic heterocycles. The van der Waals surface area contributed by atoms with E-state index in [9.17, 15) is 14.7 Å². The fraction of sp³-hybridized carbons (Fsp3) is 0.652. The molecule has 2 saturated heterocycles. The highest BCUT2D eigenvalue weighted by Crippen LogP contribution is 2.18. The lowest BCUT2D eigenvalue weighted by Gasteiger charge is -2.33. The van der Waals surface area contributed by atoms with Crippen LogP contribution in [0.25, 0.3) is 0 Å². The van der Waals surface area contributed by atoms with Crippen molar-refractivity contribution in [2.24, 2.45) is 5.92 Å². The van der Waals surface area contributed by atoms with Crippen LogP contribution in [-0.4, -0.2) is 85.4 Å². The van der Waals surface area contributed by atoms with Gasteiger partial charge in [-0.25, -0.2) is 4.79 Å². The second kappa shape index (κ2) is 12.6. The Labute approximate surface area is 184 Å². The molecule has 8 heteroatoms. The van der Waals surface area contributed by atoms with E-state index in [1.165, 1.54) is 12.8 Å². The molecule has 2 amide bonds. The molecule has 3 N–H and O–H groups in total. The summed E-state index contributed by atoms with van der Waals surface area (Å²) in [4.78, 5) is 27.3. The second-order valence-electron chi connectivity index (χ2n) is 8.54. The van der Waals surface area contributed by atoms with E-state index >= 15 is 0 Å². The number of carboxylic acids is 1. The number of nitrogens with zero attached hydrogens (tertiary/aromatic N) is 2. The first-order valence-corrected chi connectivity index (χ1v) is 11.4. The predicted octanol–water partition coefficient (Wildman–Crippen LogP) is 1.76. The third kappa shape index (κ3) is 8.47. The van der Waals surface area contributed by atoms with Gasteiger partial charge in [0.1, 0.15) is 0 Å². The number of amides is 2. The molecule has 172 valence electrons. The number of likely N-dealkylation sites (tertiary alicyclic amines) is 1. The molecule has 3 rings (SSSR count). The van der Waals surface area contributed by atoms with E-state index in [0.29, 0.717) is 38.6 Å². The van der Waals surface area contributed by atoms with Crippen LogP contribution >= 0.6 is 0 Å². The van der Waals surface area contributed by atoms with Crippen molar-refractivity contribution in [2.75, 3.05) is 52.4 Å². The molecular formula is C23H36N4O4. The molecule has 0 spiro atoms. The Morgan fingerprint density at radius 1 is 1.13 bits per heavy atom. The maximum absolute atomic E-state index is 12.5. The Bertz CT molecular complexity index is 673. The number of ether oxygens (including phenoxy) is 1. The minimum atomic E-state index is -0.867. The maximum Gasteiger partial charge on any atom is 0.317 e. The van der Waals surface area contributed by atoms with Crippen LogP contribution in [0.1, 0.15) is 31.2 Å². The summed E-state index contributed by atoms with van der Waals surface area (Å²) in [7, 11) is 0. The van der Waals surface area contributed by atoms with E-state index in [0.717, 1.165) is 38.1 Å². The van der Waals surface area contributed by atoms with Crippen LogP contribution in [0, 0.1) is 5.92 Å². The van der Waals surface area contributed by atoms with E-state index in [1.807, 2.05) is 40.1 Å². The summed E-state index contributed by atoms with van der Waals surface area (Å²) >= 11 is 0. The summed E-state index contributed by atoms with van der Waals surface area (Å²) in [5.41, 5.74) is 1.06. The molecule has 8 nitrogen and oxygen atoms in total. The molecule has 1 aromatic rings. The number of urea groups is 1. The van der Waals surface area contributed by atoms with Gasteiger partial charge in [0, 0.05) is 39.3 Å². The molecule has 0 aliphatic carbocycles. The number of nitrogens with one attached hydrogen (secondary N) is 2. The summed E-state index contributed by atoms with van der Waals surface area (Å²) < 4.78 is 6.11. The average molecular weight is 433 g/mol. The number of piperidine rings is 2. The van der Waals surface area contributed by atoms with E-state index in [2.05, 4.69) is 10.6 Å². The largest absolute Gasteiger partial charge is 0.480 e. The van der Waals surface area contributed by atoms with E-state index in [-0.39, 0.29) is 18.7 Å². The number of carbonyl (C=O) groups excluding carboxylic acids is 1. The highest BCUT2D eigenvalue weighted by molar-refractivity contribution is 5.74. The lowest BCUT2D eigenvalue weighted by molar-refractivity contribution is -0.138. The van der Waals surface area contributed by atoms with E-state index in [4.69, 9.17) is 4.74 Å². The number of aliphatic carboxylic acids is 1. The van der Waals surface area contributed by atoms with E-state index < -0.39 is 5.97 Å². The first kappa shape index (κ1) is 23.5. The topological polar surface area (TPSA) is 94.1 Å². The maximum atomic E-state index is 12.5. The summed E-state index contributed by atoms with van der Waals surface area (Å²) in [6.07, 6.45) is 4.36. The zero-order chi connectivity index (χ0) is 21.9. The van der Waals surface area contributed by atoms with Gasteiger partial charge in [-0.3, -0.25) is 9.69 Å². The Balaban J connectivity index is 1.33. The third-order valence-electron chi connectivity index (χ3n) is 6.07. The smallest absolute Gasteiger partial charge is 0.317 e. The predicted molar refractivity (Wildman–Crippen MR) is 119 cm³/mol. The first-order chi connectivity index (χ1) is 15.1. The lowest BCUT2D eigenvalue weighted by Crippen LogP contribution is -2.48. The van der Waals surface area contributed by atoms with Crippen LogP contribution in [0.2, 0.25) is 0 Å². The summed E-state index contributed by atoms with van der Waals surface area (Å²) in [5.74, 6) is -0.207.